The molecule has 0 saturated carbocycles. The normalized spacial score (nSPS) is 13.9. The van der Waals surface area contributed by atoms with E-state index in [1.807, 2.05) is 12.1 Å². The lowest BCUT2D eigenvalue weighted by Crippen LogP contribution is -2.38. The van der Waals surface area contributed by atoms with Crippen LogP contribution in [-0.2, 0) is 4.74 Å². The first-order chi connectivity index (χ1) is 16.6. The Bertz CT molecular complexity index is 1300. The number of carbonyl (C=O) groups excluding carboxylic acids is 1. The molecule has 0 spiro atoms. The van der Waals surface area contributed by atoms with Gasteiger partial charge >= 0.3 is 0 Å². The summed E-state index contributed by atoms with van der Waals surface area (Å²) in [7, 11) is 0. The summed E-state index contributed by atoms with van der Waals surface area (Å²) in [6, 6.07) is 19.1. The minimum atomic E-state index is -0.0973. The molecule has 5 rings (SSSR count). The number of aromatic hydroxyl groups is 2. The van der Waals surface area contributed by atoms with Crippen molar-refractivity contribution < 1.29 is 24.5 Å². The number of benzene rings is 3. The number of thiophene rings is 1. The van der Waals surface area contributed by atoms with Crippen molar-refractivity contribution in [2.24, 2.45) is 0 Å². The Morgan fingerprint density at radius 2 is 1.63 bits per heavy atom. The minimum absolute atomic E-state index is 0. The van der Waals surface area contributed by atoms with E-state index in [2.05, 4.69) is 4.90 Å². The number of phenolic OH excluding ortho intramolecular Hbond substituents is 2. The summed E-state index contributed by atoms with van der Waals surface area (Å²) in [5.74, 6) is 0.951. The summed E-state index contributed by atoms with van der Waals surface area (Å²) in [5.41, 5.74) is 1.99. The van der Waals surface area contributed by atoms with Crippen LogP contribution in [0.15, 0.2) is 66.7 Å². The Morgan fingerprint density at radius 1 is 0.943 bits per heavy atom. The number of rotatable bonds is 7. The number of hydrogen-bond acceptors (Lipinski definition) is 7. The van der Waals surface area contributed by atoms with Crippen LogP contribution in [0.1, 0.15) is 15.9 Å². The summed E-state index contributed by atoms with van der Waals surface area (Å²) in [5, 5.41) is 20.4. The molecule has 0 radical (unpaired) electrons. The Hall–Kier alpha value is -3.10. The zero-order chi connectivity index (χ0) is 23.5. The van der Waals surface area contributed by atoms with Gasteiger partial charge in [0, 0.05) is 45.7 Å². The second-order valence-corrected chi connectivity index (χ2v) is 9.24. The van der Waals surface area contributed by atoms with Crippen molar-refractivity contribution in [3.8, 4) is 27.7 Å². The minimum Gasteiger partial charge on any atom is -0.508 e. The van der Waals surface area contributed by atoms with Gasteiger partial charge in [0.15, 0.2) is 5.78 Å². The fraction of sp³-hybridized carbons (Fsp3) is 0.222. The molecule has 0 amide bonds. The molecule has 1 aliphatic rings. The third kappa shape index (κ3) is 5.60. The van der Waals surface area contributed by atoms with Crippen LogP contribution in [0.3, 0.4) is 0 Å². The molecule has 0 unspecified atom stereocenters. The summed E-state index contributed by atoms with van der Waals surface area (Å²) >= 11 is 1.45. The second kappa shape index (κ2) is 11.1. The molecular weight excluding hydrogens is 486 g/mol. The monoisotopic (exact) mass is 511 g/mol. The highest BCUT2D eigenvalue weighted by molar-refractivity contribution is 7.22. The van der Waals surface area contributed by atoms with Crippen LogP contribution in [0.2, 0.25) is 0 Å². The molecule has 3 aromatic carbocycles. The van der Waals surface area contributed by atoms with Crippen molar-refractivity contribution >= 4 is 39.6 Å². The maximum Gasteiger partial charge on any atom is 0.195 e. The predicted molar refractivity (Wildman–Crippen MR) is 140 cm³/mol. The number of hydrogen-bond donors (Lipinski definition) is 2. The number of nitrogens with zero attached hydrogens (tertiary/aromatic N) is 1. The van der Waals surface area contributed by atoms with E-state index >= 15 is 0 Å². The molecule has 0 aliphatic carbocycles. The van der Waals surface area contributed by atoms with Crippen molar-refractivity contribution in [2.75, 3.05) is 39.5 Å². The van der Waals surface area contributed by atoms with Crippen LogP contribution in [0.25, 0.3) is 20.5 Å². The van der Waals surface area contributed by atoms with Gasteiger partial charge in [-0.05, 0) is 72.3 Å². The van der Waals surface area contributed by atoms with Gasteiger partial charge in [-0.15, -0.1) is 23.7 Å². The average molecular weight is 512 g/mol. The number of morpholine rings is 1. The fourth-order valence-electron chi connectivity index (χ4n) is 4.09. The van der Waals surface area contributed by atoms with Crippen molar-refractivity contribution in [3.63, 3.8) is 0 Å². The number of ketones is 1. The zero-order valence-electron chi connectivity index (χ0n) is 19.0. The van der Waals surface area contributed by atoms with Crippen molar-refractivity contribution in [3.05, 3.63) is 77.9 Å². The van der Waals surface area contributed by atoms with Gasteiger partial charge in [-0.25, -0.2) is 0 Å². The quantitative estimate of drug-likeness (QED) is 0.326. The lowest BCUT2D eigenvalue weighted by atomic mass is 9.97. The van der Waals surface area contributed by atoms with Gasteiger partial charge in [-0.1, -0.05) is 0 Å². The highest BCUT2D eigenvalue weighted by atomic mass is 35.5. The summed E-state index contributed by atoms with van der Waals surface area (Å²) in [4.78, 5) is 16.7. The van der Waals surface area contributed by atoms with Crippen molar-refractivity contribution in [1.29, 1.82) is 0 Å². The first kappa shape index (κ1) is 25.0. The van der Waals surface area contributed by atoms with Gasteiger partial charge in [0.2, 0.25) is 0 Å². The van der Waals surface area contributed by atoms with Gasteiger partial charge in [-0.2, -0.15) is 0 Å². The van der Waals surface area contributed by atoms with Crippen LogP contribution in [0.5, 0.6) is 17.2 Å². The number of phenols is 2. The lowest BCUT2D eigenvalue weighted by molar-refractivity contribution is 0.0322. The smallest absolute Gasteiger partial charge is 0.195 e. The molecule has 4 aromatic rings. The van der Waals surface area contributed by atoms with Gasteiger partial charge in [0.1, 0.15) is 23.9 Å². The molecule has 2 N–H and O–H groups in total. The molecule has 0 bridgehead atoms. The summed E-state index contributed by atoms with van der Waals surface area (Å²) in [6.07, 6.45) is 0. The number of carbonyl (C=O) groups is 1. The molecule has 0 atom stereocenters. The van der Waals surface area contributed by atoms with Gasteiger partial charge in [0.25, 0.3) is 0 Å². The highest BCUT2D eigenvalue weighted by Crippen LogP contribution is 2.41. The topological polar surface area (TPSA) is 79.2 Å². The molecule has 8 heteroatoms. The van der Waals surface area contributed by atoms with Crippen LogP contribution in [-0.4, -0.2) is 60.4 Å². The molecule has 35 heavy (non-hydrogen) atoms. The summed E-state index contributed by atoms with van der Waals surface area (Å²) < 4.78 is 12.1. The van der Waals surface area contributed by atoms with Crippen LogP contribution in [0, 0.1) is 0 Å². The molecule has 1 aliphatic heterocycles. The predicted octanol–water partition coefficient (Wildman–Crippen LogP) is 5.34. The molecule has 1 fully saturated rings. The largest absolute Gasteiger partial charge is 0.508 e. The van der Waals surface area contributed by atoms with Crippen LogP contribution in [0.4, 0.5) is 0 Å². The molecule has 2 heterocycles. The van der Waals surface area contributed by atoms with E-state index < -0.39 is 0 Å². The number of halogens is 1. The highest BCUT2D eigenvalue weighted by Gasteiger charge is 2.22. The molecule has 1 aromatic heterocycles. The first-order valence-electron chi connectivity index (χ1n) is 11.2. The number of ether oxygens (including phenoxy) is 2. The van der Waals surface area contributed by atoms with E-state index in [0.29, 0.717) is 17.7 Å². The van der Waals surface area contributed by atoms with Gasteiger partial charge in [-0.3, -0.25) is 9.69 Å². The van der Waals surface area contributed by atoms with E-state index in [9.17, 15) is 15.0 Å². The van der Waals surface area contributed by atoms with Gasteiger partial charge < -0.3 is 19.7 Å². The zero-order valence-corrected chi connectivity index (χ0v) is 20.6. The van der Waals surface area contributed by atoms with E-state index in [4.69, 9.17) is 9.47 Å². The van der Waals surface area contributed by atoms with E-state index in [-0.39, 0.29) is 29.7 Å². The first-order valence-corrected chi connectivity index (χ1v) is 12.0. The van der Waals surface area contributed by atoms with E-state index in [1.54, 1.807) is 54.6 Å². The van der Waals surface area contributed by atoms with Crippen LogP contribution >= 0.6 is 23.7 Å². The third-order valence-corrected chi connectivity index (χ3v) is 7.13. The Balaban J connectivity index is 0.00000289. The summed E-state index contributed by atoms with van der Waals surface area (Å²) in [6.45, 7) is 4.80. The molecule has 6 nitrogen and oxygen atoms in total. The SMILES string of the molecule is Cl.O=C(c1ccc(OCCN2CCOCC2)cc1)c1c(-c2ccc(O)cc2)sc2cc(O)ccc12. The fourth-order valence-corrected chi connectivity index (χ4v) is 5.33. The Morgan fingerprint density at radius 3 is 2.34 bits per heavy atom. The number of fused-ring (bicyclic) bond motifs is 1. The standard InChI is InChI=1S/C27H25NO5S.ClH/c29-20-5-1-19(2-6-20)27-25(23-10-7-21(30)17-24(23)34-27)26(31)18-3-8-22(9-4-18)33-16-13-28-11-14-32-15-12-28;/h1-10,17,29-30H,11-16H2;1H. The van der Waals surface area contributed by atoms with E-state index in [0.717, 1.165) is 59.1 Å². The van der Waals surface area contributed by atoms with Gasteiger partial charge in [0.05, 0.1) is 13.2 Å². The van der Waals surface area contributed by atoms with Crippen molar-refractivity contribution in [2.45, 2.75) is 0 Å². The second-order valence-electron chi connectivity index (χ2n) is 8.19. The maximum atomic E-state index is 13.6. The maximum absolute atomic E-state index is 13.6. The molecular formula is C27H26ClNO5S. The Kier molecular flexibility index (Phi) is 7.93. The molecule has 1 saturated heterocycles. The van der Waals surface area contributed by atoms with Crippen molar-refractivity contribution in [1.82, 2.24) is 4.90 Å². The third-order valence-electron chi connectivity index (χ3n) is 5.93. The van der Waals surface area contributed by atoms with E-state index in [1.165, 1.54) is 11.3 Å². The van der Waals surface area contributed by atoms with Crippen LogP contribution < -0.4 is 4.74 Å². The average Bonchev–Trinajstić information content (AvgIpc) is 3.23. The lowest BCUT2D eigenvalue weighted by Gasteiger charge is -2.26. The Labute approximate surface area is 213 Å². The molecule has 182 valence electrons.